The molecule has 0 aliphatic carbocycles. The summed E-state index contributed by atoms with van der Waals surface area (Å²) < 4.78 is 11.5. The Labute approximate surface area is 146 Å². The fourth-order valence-corrected chi connectivity index (χ4v) is 2.98. The maximum absolute atomic E-state index is 5.91. The van der Waals surface area contributed by atoms with E-state index in [1.165, 1.54) is 32.4 Å². The Balaban J connectivity index is 0.00000264. The number of halogens is 1. The van der Waals surface area contributed by atoms with E-state index in [4.69, 9.17) is 9.47 Å². The highest BCUT2D eigenvalue weighted by molar-refractivity contribution is 5.85. The molecule has 0 unspecified atom stereocenters. The third kappa shape index (κ3) is 6.98. The lowest BCUT2D eigenvalue weighted by Gasteiger charge is -2.31. The van der Waals surface area contributed by atoms with Gasteiger partial charge in [0.25, 0.3) is 0 Å². The predicted molar refractivity (Wildman–Crippen MR) is 98.1 cm³/mol. The predicted octanol–water partition coefficient (Wildman–Crippen LogP) is 3.21. The Hall–Kier alpha value is -0.970. The van der Waals surface area contributed by atoms with Gasteiger partial charge in [-0.05, 0) is 70.9 Å². The van der Waals surface area contributed by atoms with Gasteiger partial charge in [0.15, 0.2) is 11.5 Å². The highest BCUT2D eigenvalue weighted by atomic mass is 35.5. The molecule has 0 spiro atoms. The molecule has 0 aromatic heterocycles. The molecule has 1 aliphatic rings. The van der Waals surface area contributed by atoms with E-state index < -0.39 is 0 Å². The van der Waals surface area contributed by atoms with E-state index in [1.54, 1.807) is 0 Å². The lowest BCUT2D eigenvalue weighted by atomic mass is 9.93. The van der Waals surface area contributed by atoms with E-state index in [1.807, 2.05) is 38.2 Å². The highest BCUT2D eigenvalue weighted by Gasteiger charge is 2.18. The van der Waals surface area contributed by atoms with Crippen molar-refractivity contribution in [3.05, 3.63) is 24.3 Å². The first-order valence-electron chi connectivity index (χ1n) is 8.55. The van der Waals surface area contributed by atoms with Crippen molar-refractivity contribution in [2.75, 3.05) is 46.4 Å². The smallest absolute Gasteiger partial charge is 0.161 e. The lowest BCUT2D eigenvalue weighted by Crippen LogP contribution is -2.37. The molecular formula is C18H31ClN2O2. The monoisotopic (exact) mass is 342 g/mol. The molecule has 2 rings (SSSR count). The fourth-order valence-electron chi connectivity index (χ4n) is 2.98. The molecule has 0 bridgehead atoms. The maximum atomic E-state index is 5.91. The van der Waals surface area contributed by atoms with E-state index in [9.17, 15) is 0 Å². The fraction of sp³-hybridized carbons (Fsp3) is 0.667. The third-order valence-corrected chi connectivity index (χ3v) is 4.32. The Morgan fingerprint density at radius 2 is 1.78 bits per heavy atom. The van der Waals surface area contributed by atoms with Gasteiger partial charge in [-0.3, -0.25) is 4.90 Å². The number of rotatable bonds is 9. The molecule has 23 heavy (non-hydrogen) atoms. The number of nitrogens with one attached hydrogen (secondary N) is 1. The summed E-state index contributed by atoms with van der Waals surface area (Å²) in [6.07, 6.45) is 3.94. The van der Waals surface area contributed by atoms with Crippen molar-refractivity contribution in [2.45, 2.75) is 26.2 Å². The summed E-state index contributed by atoms with van der Waals surface area (Å²) in [5, 5.41) is 3.25. The number of ether oxygens (including phenoxy) is 2. The Morgan fingerprint density at radius 1 is 1.13 bits per heavy atom. The van der Waals surface area contributed by atoms with Gasteiger partial charge in [0.1, 0.15) is 6.61 Å². The first kappa shape index (κ1) is 20.1. The zero-order chi connectivity index (χ0) is 15.6. The number of piperidine rings is 1. The second kappa shape index (κ2) is 11.5. The van der Waals surface area contributed by atoms with Crippen molar-refractivity contribution >= 4 is 12.4 Å². The van der Waals surface area contributed by atoms with Crippen molar-refractivity contribution in [1.29, 1.82) is 0 Å². The average molecular weight is 343 g/mol. The first-order valence-corrected chi connectivity index (χ1v) is 8.55. The van der Waals surface area contributed by atoms with E-state index in [0.29, 0.717) is 6.61 Å². The number of hydrogen-bond acceptors (Lipinski definition) is 4. The van der Waals surface area contributed by atoms with Crippen LogP contribution in [0.4, 0.5) is 0 Å². The lowest BCUT2D eigenvalue weighted by molar-refractivity contribution is 0.149. The first-order chi connectivity index (χ1) is 10.8. The SMILES string of the molecule is CCOc1ccccc1OCCN1CCC(CCNC)CC1.Cl. The van der Waals surface area contributed by atoms with Gasteiger partial charge in [-0.15, -0.1) is 12.4 Å². The van der Waals surface area contributed by atoms with Gasteiger partial charge in [-0.2, -0.15) is 0 Å². The molecule has 132 valence electrons. The van der Waals surface area contributed by atoms with E-state index >= 15 is 0 Å². The quantitative estimate of drug-likeness (QED) is 0.747. The van der Waals surface area contributed by atoms with Gasteiger partial charge in [0.05, 0.1) is 6.61 Å². The second-order valence-electron chi connectivity index (χ2n) is 5.91. The molecular weight excluding hydrogens is 312 g/mol. The van der Waals surface area contributed by atoms with Crippen LogP contribution in [0.5, 0.6) is 11.5 Å². The minimum absolute atomic E-state index is 0. The summed E-state index contributed by atoms with van der Waals surface area (Å²) in [7, 11) is 2.03. The normalized spacial score (nSPS) is 15.9. The minimum Gasteiger partial charge on any atom is -0.490 e. The summed E-state index contributed by atoms with van der Waals surface area (Å²) >= 11 is 0. The number of para-hydroxylation sites is 2. The second-order valence-corrected chi connectivity index (χ2v) is 5.91. The standard InChI is InChI=1S/C18H30N2O2.ClH/c1-3-21-17-6-4-5-7-18(17)22-15-14-20-12-9-16(10-13-20)8-11-19-2;/h4-7,16,19H,3,8-15H2,1-2H3;1H. The van der Waals surface area contributed by atoms with Crippen LogP contribution in [0.15, 0.2) is 24.3 Å². The maximum Gasteiger partial charge on any atom is 0.161 e. The molecule has 0 atom stereocenters. The molecule has 1 N–H and O–H groups in total. The summed E-state index contributed by atoms with van der Waals surface area (Å²) in [6.45, 7) is 7.93. The summed E-state index contributed by atoms with van der Waals surface area (Å²) in [5.74, 6) is 2.59. The van der Waals surface area contributed by atoms with Crippen molar-refractivity contribution in [1.82, 2.24) is 10.2 Å². The molecule has 0 radical (unpaired) electrons. The zero-order valence-corrected chi connectivity index (χ0v) is 15.2. The summed E-state index contributed by atoms with van der Waals surface area (Å²) in [6, 6.07) is 7.92. The minimum atomic E-state index is 0. The molecule has 1 fully saturated rings. The van der Waals surface area contributed by atoms with Crippen molar-refractivity contribution in [3.8, 4) is 11.5 Å². The summed E-state index contributed by atoms with van der Waals surface area (Å²) in [5.41, 5.74) is 0. The molecule has 1 aliphatic heterocycles. The molecule has 1 aromatic carbocycles. The van der Waals surface area contributed by atoms with Crippen LogP contribution in [0, 0.1) is 5.92 Å². The van der Waals surface area contributed by atoms with Crippen LogP contribution in [0.25, 0.3) is 0 Å². The van der Waals surface area contributed by atoms with Crippen molar-refractivity contribution < 1.29 is 9.47 Å². The van der Waals surface area contributed by atoms with Crippen LogP contribution in [0.2, 0.25) is 0 Å². The average Bonchev–Trinajstić information content (AvgIpc) is 2.56. The third-order valence-electron chi connectivity index (χ3n) is 4.32. The number of benzene rings is 1. The van der Waals surface area contributed by atoms with E-state index in [-0.39, 0.29) is 12.4 Å². The van der Waals surface area contributed by atoms with Gasteiger partial charge >= 0.3 is 0 Å². The van der Waals surface area contributed by atoms with Crippen LogP contribution in [-0.4, -0.2) is 51.3 Å². The van der Waals surface area contributed by atoms with E-state index in [0.717, 1.165) is 37.1 Å². The van der Waals surface area contributed by atoms with Gasteiger partial charge in [-0.25, -0.2) is 0 Å². The number of likely N-dealkylation sites (tertiary alicyclic amines) is 1. The largest absolute Gasteiger partial charge is 0.490 e. The Bertz CT molecular complexity index is 423. The number of nitrogens with zero attached hydrogens (tertiary/aromatic N) is 1. The molecule has 1 saturated heterocycles. The van der Waals surface area contributed by atoms with Crippen molar-refractivity contribution in [2.24, 2.45) is 5.92 Å². The van der Waals surface area contributed by atoms with Gasteiger partial charge in [-0.1, -0.05) is 12.1 Å². The van der Waals surface area contributed by atoms with Gasteiger partial charge in [0.2, 0.25) is 0 Å². The summed E-state index contributed by atoms with van der Waals surface area (Å²) in [4.78, 5) is 2.51. The highest BCUT2D eigenvalue weighted by Crippen LogP contribution is 2.26. The topological polar surface area (TPSA) is 33.7 Å². The van der Waals surface area contributed by atoms with Crippen molar-refractivity contribution in [3.63, 3.8) is 0 Å². The molecule has 5 heteroatoms. The van der Waals surface area contributed by atoms with Crippen LogP contribution in [0.1, 0.15) is 26.2 Å². The molecule has 1 aromatic rings. The molecule has 4 nitrogen and oxygen atoms in total. The Kier molecular flexibility index (Phi) is 10.1. The van der Waals surface area contributed by atoms with Gasteiger partial charge < -0.3 is 14.8 Å². The molecule has 0 saturated carbocycles. The Morgan fingerprint density at radius 3 is 2.39 bits per heavy atom. The number of hydrogen-bond donors (Lipinski definition) is 1. The molecule has 0 amide bonds. The van der Waals surface area contributed by atoms with Crippen LogP contribution < -0.4 is 14.8 Å². The van der Waals surface area contributed by atoms with Crippen LogP contribution in [-0.2, 0) is 0 Å². The molecule has 1 heterocycles. The van der Waals surface area contributed by atoms with E-state index in [2.05, 4.69) is 10.2 Å². The zero-order valence-electron chi connectivity index (χ0n) is 14.4. The van der Waals surface area contributed by atoms with Crippen LogP contribution >= 0.6 is 12.4 Å². The van der Waals surface area contributed by atoms with Gasteiger partial charge in [0, 0.05) is 6.54 Å². The van der Waals surface area contributed by atoms with Crippen LogP contribution in [0.3, 0.4) is 0 Å².